The van der Waals surface area contributed by atoms with Crippen LogP contribution < -0.4 is 4.74 Å². The van der Waals surface area contributed by atoms with Crippen LogP contribution in [-0.4, -0.2) is 22.2 Å². The number of rotatable bonds is 4. The standard InChI is InChI=1S/C14H10O5/c15-13(16)9-1-5-11(6-2-9)19-12-7-3-10(4-8-12)14(17)18/h1-8H,(H,15,16)(H,17,18). The Morgan fingerprint density at radius 2 is 1.00 bits per heavy atom. The van der Waals surface area contributed by atoms with Gasteiger partial charge in [0.05, 0.1) is 11.1 Å². The van der Waals surface area contributed by atoms with Crippen LogP contribution in [0.3, 0.4) is 0 Å². The number of benzene rings is 2. The van der Waals surface area contributed by atoms with Crippen molar-refractivity contribution < 1.29 is 24.5 Å². The quantitative estimate of drug-likeness (QED) is 0.880. The van der Waals surface area contributed by atoms with Gasteiger partial charge in [0.2, 0.25) is 0 Å². The summed E-state index contributed by atoms with van der Waals surface area (Å²) in [6, 6.07) is 11.9. The minimum Gasteiger partial charge on any atom is -0.478 e. The SMILES string of the molecule is O=C(O)c1ccc(Oc2ccc(C(=O)O)cc2)cc1. The molecule has 2 aromatic carbocycles. The van der Waals surface area contributed by atoms with E-state index in [0.717, 1.165) is 0 Å². The number of carbonyl (C=O) groups is 2. The molecule has 0 bridgehead atoms. The fourth-order valence-corrected chi connectivity index (χ4v) is 1.47. The zero-order valence-electron chi connectivity index (χ0n) is 9.74. The molecule has 2 N–H and O–H groups in total. The summed E-state index contributed by atoms with van der Waals surface area (Å²) in [5.41, 5.74) is 0.349. The number of carboxylic acid groups (broad SMARTS) is 2. The molecule has 0 saturated carbocycles. The first kappa shape index (κ1) is 12.6. The van der Waals surface area contributed by atoms with Crippen LogP contribution >= 0.6 is 0 Å². The summed E-state index contributed by atoms with van der Waals surface area (Å²) in [6.45, 7) is 0. The molecule has 5 heteroatoms. The minimum atomic E-state index is -1.00. The second-order valence-electron chi connectivity index (χ2n) is 3.76. The fraction of sp³-hybridized carbons (Fsp3) is 0. The van der Waals surface area contributed by atoms with Crippen molar-refractivity contribution in [2.45, 2.75) is 0 Å². The summed E-state index contributed by atoms with van der Waals surface area (Å²) in [5.74, 6) is -1.05. The third-order valence-corrected chi connectivity index (χ3v) is 2.44. The molecule has 0 unspecified atom stereocenters. The summed E-state index contributed by atoms with van der Waals surface area (Å²) in [7, 11) is 0. The van der Waals surface area contributed by atoms with E-state index in [0.29, 0.717) is 11.5 Å². The average Bonchev–Trinajstić information content (AvgIpc) is 2.40. The first-order valence-corrected chi connectivity index (χ1v) is 5.41. The second kappa shape index (κ2) is 5.22. The molecule has 0 spiro atoms. The predicted octanol–water partition coefficient (Wildman–Crippen LogP) is 2.88. The number of carboxylic acids is 2. The highest BCUT2D eigenvalue weighted by molar-refractivity contribution is 5.88. The molecular formula is C14H10O5. The molecule has 2 rings (SSSR count). The van der Waals surface area contributed by atoms with Crippen molar-refractivity contribution in [2.75, 3.05) is 0 Å². The minimum absolute atomic E-state index is 0.175. The van der Waals surface area contributed by atoms with E-state index < -0.39 is 11.9 Å². The maximum atomic E-state index is 10.7. The van der Waals surface area contributed by atoms with Gasteiger partial charge < -0.3 is 14.9 Å². The molecule has 0 radical (unpaired) electrons. The Bertz CT molecular complexity index is 543. The normalized spacial score (nSPS) is 9.89. The smallest absolute Gasteiger partial charge is 0.335 e. The predicted molar refractivity (Wildman–Crippen MR) is 66.9 cm³/mol. The lowest BCUT2D eigenvalue weighted by molar-refractivity contribution is 0.0686. The van der Waals surface area contributed by atoms with E-state index >= 15 is 0 Å². The van der Waals surface area contributed by atoms with Crippen molar-refractivity contribution in [2.24, 2.45) is 0 Å². The van der Waals surface area contributed by atoms with Crippen LogP contribution in [0.25, 0.3) is 0 Å². The van der Waals surface area contributed by atoms with Gasteiger partial charge in [0.15, 0.2) is 0 Å². The van der Waals surface area contributed by atoms with Crippen molar-refractivity contribution >= 4 is 11.9 Å². The number of aromatic carboxylic acids is 2. The molecule has 0 aromatic heterocycles. The zero-order valence-corrected chi connectivity index (χ0v) is 9.74. The summed E-state index contributed by atoms with van der Waals surface area (Å²) in [5, 5.41) is 17.5. The topological polar surface area (TPSA) is 83.8 Å². The van der Waals surface area contributed by atoms with Gasteiger partial charge in [-0.1, -0.05) is 0 Å². The molecule has 0 atom stereocenters. The molecule has 0 heterocycles. The highest BCUT2D eigenvalue weighted by Gasteiger charge is 2.04. The number of hydrogen-bond acceptors (Lipinski definition) is 3. The number of ether oxygens (including phenoxy) is 1. The van der Waals surface area contributed by atoms with Crippen molar-refractivity contribution in [1.82, 2.24) is 0 Å². The van der Waals surface area contributed by atoms with Crippen molar-refractivity contribution in [1.29, 1.82) is 0 Å². The highest BCUT2D eigenvalue weighted by Crippen LogP contribution is 2.22. The van der Waals surface area contributed by atoms with E-state index in [1.807, 2.05) is 0 Å². The number of hydrogen-bond donors (Lipinski definition) is 2. The van der Waals surface area contributed by atoms with Gasteiger partial charge in [-0.3, -0.25) is 0 Å². The van der Waals surface area contributed by atoms with E-state index in [4.69, 9.17) is 14.9 Å². The molecule has 19 heavy (non-hydrogen) atoms. The Kier molecular flexibility index (Phi) is 3.47. The first-order chi connectivity index (χ1) is 9.06. The third-order valence-electron chi connectivity index (χ3n) is 2.44. The lowest BCUT2D eigenvalue weighted by atomic mass is 10.2. The third kappa shape index (κ3) is 3.10. The largest absolute Gasteiger partial charge is 0.478 e. The Morgan fingerprint density at radius 3 is 1.26 bits per heavy atom. The van der Waals surface area contributed by atoms with Gasteiger partial charge in [0, 0.05) is 0 Å². The van der Waals surface area contributed by atoms with Crippen molar-refractivity contribution in [3.05, 3.63) is 59.7 Å². The van der Waals surface area contributed by atoms with Crippen LogP contribution in [0.5, 0.6) is 11.5 Å². The van der Waals surface area contributed by atoms with E-state index in [9.17, 15) is 9.59 Å². The molecule has 2 aromatic rings. The Hall–Kier alpha value is -2.82. The van der Waals surface area contributed by atoms with Crippen LogP contribution in [0.2, 0.25) is 0 Å². The summed E-state index contributed by atoms with van der Waals surface area (Å²) in [6.07, 6.45) is 0. The van der Waals surface area contributed by atoms with E-state index in [-0.39, 0.29) is 11.1 Å². The van der Waals surface area contributed by atoms with Gasteiger partial charge in [-0.05, 0) is 48.5 Å². The second-order valence-corrected chi connectivity index (χ2v) is 3.76. The van der Waals surface area contributed by atoms with Gasteiger partial charge in [0.1, 0.15) is 11.5 Å². The molecule has 0 fully saturated rings. The van der Waals surface area contributed by atoms with Gasteiger partial charge in [-0.25, -0.2) is 9.59 Å². The van der Waals surface area contributed by atoms with E-state index in [1.165, 1.54) is 48.5 Å². The molecule has 0 amide bonds. The van der Waals surface area contributed by atoms with E-state index in [1.54, 1.807) is 0 Å². The van der Waals surface area contributed by atoms with Gasteiger partial charge in [-0.15, -0.1) is 0 Å². The van der Waals surface area contributed by atoms with Crippen LogP contribution in [0.4, 0.5) is 0 Å². The molecule has 0 saturated heterocycles. The monoisotopic (exact) mass is 258 g/mol. The van der Waals surface area contributed by atoms with E-state index in [2.05, 4.69) is 0 Å². The molecule has 0 aliphatic heterocycles. The zero-order chi connectivity index (χ0) is 13.8. The summed E-state index contributed by atoms with van der Waals surface area (Å²) >= 11 is 0. The first-order valence-electron chi connectivity index (χ1n) is 5.41. The molecule has 0 aliphatic rings. The van der Waals surface area contributed by atoms with Crippen LogP contribution in [0.1, 0.15) is 20.7 Å². The van der Waals surface area contributed by atoms with Crippen molar-refractivity contribution in [3.8, 4) is 11.5 Å². The lowest BCUT2D eigenvalue weighted by Gasteiger charge is -2.06. The fourth-order valence-electron chi connectivity index (χ4n) is 1.47. The molecule has 96 valence electrons. The van der Waals surface area contributed by atoms with Gasteiger partial charge in [0.25, 0.3) is 0 Å². The summed E-state index contributed by atoms with van der Waals surface area (Å²) in [4.78, 5) is 21.4. The summed E-state index contributed by atoms with van der Waals surface area (Å²) < 4.78 is 5.46. The van der Waals surface area contributed by atoms with Crippen molar-refractivity contribution in [3.63, 3.8) is 0 Å². The molecular weight excluding hydrogens is 248 g/mol. The van der Waals surface area contributed by atoms with Crippen LogP contribution in [0.15, 0.2) is 48.5 Å². The average molecular weight is 258 g/mol. The van der Waals surface area contributed by atoms with Crippen LogP contribution in [-0.2, 0) is 0 Å². The van der Waals surface area contributed by atoms with Gasteiger partial charge >= 0.3 is 11.9 Å². The van der Waals surface area contributed by atoms with Gasteiger partial charge in [-0.2, -0.15) is 0 Å². The Balaban J connectivity index is 2.12. The molecule has 5 nitrogen and oxygen atoms in total. The Labute approximate surface area is 108 Å². The highest BCUT2D eigenvalue weighted by atomic mass is 16.5. The lowest BCUT2D eigenvalue weighted by Crippen LogP contribution is -1.96. The maximum absolute atomic E-state index is 10.7. The maximum Gasteiger partial charge on any atom is 0.335 e. The Morgan fingerprint density at radius 1 is 0.684 bits per heavy atom. The molecule has 0 aliphatic carbocycles. The van der Waals surface area contributed by atoms with Crippen LogP contribution in [0, 0.1) is 0 Å².